The normalized spacial score (nSPS) is 12.9. The van der Waals surface area contributed by atoms with Crippen molar-refractivity contribution in [3.05, 3.63) is 78.5 Å². The van der Waals surface area contributed by atoms with Crippen molar-refractivity contribution in [2.24, 2.45) is 4.99 Å². The Morgan fingerprint density at radius 3 is 2.41 bits per heavy atom. The van der Waals surface area contributed by atoms with Gasteiger partial charge in [-0.15, -0.1) is 0 Å². The second-order valence-electron chi connectivity index (χ2n) is 8.84. The summed E-state index contributed by atoms with van der Waals surface area (Å²) in [5, 5.41) is 4.69. The summed E-state index contributed by atoms with van der Waals surface area (Å²) in [6.07, 6.45) is 5.18. The average molecular weight is 541 g/mol. The van der Waals surface area contributed by atoms with E-state index in [1.165, 1.54) is 29.6 Å². The molecule has 5 aromatic rings. The predicted octanol–water partition coefficient (Wildman–Crippen LogP) is 5.20. The van der Waals surface area contributed by atoms with Crippen LogP contribution in [0.4, 0.5) is 27.8 Å². The lowest BCUT2D eigenvalue weighted by Crippen LogP contribution is -2.10. The number of halogens is 5. The zero-order valence-electron chi connectivity index (χ0n) is 20.8. The number of rotatable bonds is 6. The van der Waals surface area contributed by atoms with Crippen molar-refractivity contribution in [1.82, 2.24) is 39.2 Å². The van der Waals surface area contributed by atoms with Crippen molar-refractivity contribution in [3.63, 3.8) is 0 Å². The van der Waals surface area contributed by atoms with Crippen molar-refractivity contribution in [3.8, 4) is 16.8 Å². The van der Waals surface area contributed by atoms with Crippen LogP contribution in [0.5, 0.6) is 0 Å². The molecule has 1 unspecified atom stereocenters. The highest BCUT2D eigenvalue weighted by Crippen LogP contribution is 2.37. The van der Waals surface area contributed by atoms with Crippen LogP contribution in [0, 0.1) is 11.6 Å². The molecule has 9 nitrogen and oxygen atoms in total. The average Bonchev–Trinajstić information content (AvgIpc) is 3.53. The van der Waals surface area contributed by atoms with Crippen molar-refractivity contribution in [2.75, 3.05) is 14.1 Å². The second-order valence-corrected chi connectivity index (χ2v) is 8.84. The molecular weight excluding hydrogens is 521 g/mol. The number of aromatic nitrogens is 7. The van der Waals surface area contributed by atoms with Gasteiger partial charge in [0.2, 0.25) is 5.82 Å². The second kappa shape index (κ2) is 9.85. The molecule has 39 heavy (non-hydrogen) atoms. The van der Waals surface area contributed by atoms with Crippen LogP contribution in [0.15, 0.2) is 60.5 Å². The first-order chi connectivity index (χ1) is 18.5. The fourth-order valence-electron chi connectivity index (χ4n) is 3.98. The van der Waals surface area contributed by atoms with E-state index >= 15 is 0 Å². The summed E-state index contributed by atoms with van der Waals surface area (Å²) < 4.78 is 69.9. The van der Waals surface area contributed by atoms with Crippen molar-refractivity contribution in [1.29, 1.82) is 0 Å². The van der Waals surface area contributed by atoms with Crippen LogP contribution in [-0.2, 0) is 6.18 Å². The van der Waals surface area contributed by atoms with Crippen LogP contribution in [-0.4, -0.2) is 59.6 Å². The number of hydrogen-bond acceptors (Lipinski definition) is 6. The van der Waals surface area contributed by atoms with E-state index in [-0.39, 0.29) is 5.69 Å². The highest BCUT2D eigenvalue weighted by molar-refractivity contribution is 6.01. The summed E-state index contributed by atoms with van der Waals surface area (Å²) in [6.45, 7) is 1.85. The van der Waals surface area contributed by atoms with E-state index < -0.39 is 29.7 Å². The maximum Gasteiger partial charge on any atom is 0.451 e. The summed E-state index contributed by atoms with van der Waals surface area (Å²) in [5.41, 5.74) is 1.94. The van der Waals surface area contributed by atoms with Gasteiger partial charge in [0, 0.05) is 61.6 Å². The van der Waals surface area contributed by atoms with Crippen molar-refractivity contribution < 1.29 is 22.0 Å². The maximum absolute atomic E-state index is 14.3. The van der Waals surface area contributed by atoms with Crippen LogP contribution in [0.3, 0.4) is 0 Å². The fraction of sp³-hybridized carbons (Fsp3) is 0.200. The Kier molecular flexibility index (Phi) is 6.54. The first-order valence-electron chi connectivity index (χ1n) is 11.5. The molecule has 0 amide bonds. The van der Waals surface area contributed by atoms with Crippen LogP contribution < -0.4 is 0 Å². The minimum absolute atomic E-state index is 0.0671. The third-order valence-electron chi connectivity index (χ3n) is 5.88. The molecule has 1 aromatic carbocycles. The van der Waals surface area contributed by atoms with E-state index in [4.69, 9.17) is 0 Å². The summed E-state index contributed by atoms with van der Waals surface area (Å²) in [5.74, 6) is -2.45. The van der Waals surface area contributed by atoms with Crippen molar-refractivity contribution >= 4 is 23.2 Å². The quantitative estimate of drug-likeness (QED) is 0.167. The lowest BCUT2D eigenvalue weighted by atomic mass is 10.1. The summed E-state index contributed by atoms with van der Waals surface area (Å²) in [4.78, 5) is 21.8. The molecular formula is C25H20F5N9. The molecule has 200 valence electrons. The van der Waals surface area contributed by atoms with E-state index in [2.05, 4.69) is 30.0 Å². The van der Waals surface area contributed by atoms with Gasteiger partial charge in [0.15, 0.2) is 11.6 Å². The number of alkyl halides is 3. The van der Waals surface area contributed by atoms with Crippen LogP contribution in [0.2, 0.25) is 0 Å². The number of fused-ring (bicyclic) bond motifs is 1. The molecule has 0 bridgehead atoms. The third kappa shape index (κ3) is 5.04. The molecule has 0 radical (unpaired) electrons. The number of aliphatic imine (C=N–C) groups is 1. The Morgan fingerprint density at radius 1 is 1.00 bits per heavy atom. The standard InChI is InChI=1S/C25H20F5N9/c1-14(16-9-36-39(10-16)20-5-4-17(26)6-19(20)27)38-11-18(15-7-31-24(32-8-15)25(28,29)30)21-22(35-13-37(2)3)33-12-34-23(21)38/h4-14H,1-3H3/b35-13-. The highest BCUT2D eigenvalue weighted by atomic mass is 19.4. The van der Waals surface area contributed by atoms with E-state index in [1.807, 2.05) is 6.92 Å². The molecule has 0 aliphatic heterocycles. The lowest BCUT2D eigenvalue weighted by Gasteiger charge is -2.13. The Bertz CT molecular complexity index is 1670. The maximum atomic E-state index is 14.3. The molecule has 4 heterocycles. The van der Waals surface area contributed by atoms with Crippen molar-refractivity contribution in [2.45, 2.75) is 19.1 Å². The lowest BCUT2D eigenvalue weighted by molar-refractivity contribution is -0.144. The summed E-state index contributed by atoms with van der Waals surface area (Å²) >= 11 is 0. The molecule has 0 aliphatic rings. The van der Waals surface area contributed by atoms with Gasteiger partial charge in [0.1, 0.15) is 23.5 Å². The molecule has 0 saturated carbocycles. The predicted molar refractivity (Wildman–Crippen MR) is 133 cm³/mol. The zero-order valence-corrected chi connectivity index (χ0v) is 20.8. The van der Waals surface area contributed by atoms with E-state index in [0.29, 0.717) is 33.5 Å². The zero-order chi connectivity index (χ0) is 27.9. The van der Waals surface area contributed by atoms with Crippen LogP contribution >= 0.6 is 0 Å². The molecule has 4 aromatic heterocycles. The van der Waals surface area contributed by atoms with Gasteiger partial charge >= 0.3 is 6.18 Å². The Morgan fingerprint density at radius 2 is 1.74 bits per heavy atom. The Hall–Kier alpha value is -4.75. The summed E-state index contributed by atoms with van der Waals surface area (Å²) in [6, 6.07) is 2.76. The SMILES string of the molecule is CC(c1cnn(-c2ccc(F)cc2F)c1)n1cc(-c2cnc(C(F)(F)F)nc2)c2c(/N=C\N(C)C)ncnc21. The molecule has 1 atom stereocenters. The minimum atomic E-state index is -4.69. The number of nitrogens with zero attached hydrogens (tertiary/aromatic N) is 9. The van der Waals surface area contributed by atoms with Gasteiger partial charge in [-0.05, 0) is 19.1 Å². The Labute approximate surface area is 218 Å². The van der Waals surface area contributed by atoms with Crippen LogP contribution in [0.25, 0.3) is 27.8 Å². The molecule has 14 heteroatoms. The molecule has 5 rings (SSSR count). The molecule has 0 aliphatic carbocycles. The number of hydrogen-bond donors (Lipinski definition) is 0. The summed E-state index contributed by atoms with van der Waals surface area (Å²) in [7, 11) is 3.56. The van der Waals surface area contributed by atoms with Gasteiger partial charge in [-0.1, -0.05) is 0 Å². The van der Waals surface area contributed by atoms with Gasteiger partial charge in [-0.2, -0.15) is 18.3 Å². The Balaban J connectivity index is 1.63. The largest absolute Gasteiger partial charge is 0.451 e. The molecule has 0 N–H and O–H groups in total. The molecule has 0 saturated heterocycles. The first-order valence-corrected chi connectivity index (χ1v) is 11.5. The van der Waals surface area contributed by atoms with Gasteiger partial charge < -0.3 is 9.47 Å². The third-order valence-corrected chi connectivity index (χ3v) is 5.88. The monoisotopic (exact) mass is 541 g/mol. The smallest absolute Gasteiger partial charge is 0.369 e. The highest BCUT2D eigenvalue weighted by Gasteiger charge is 2.34. The minimum Gasteiger partial charge on any atom is -0.369 e. The van der Waals surface area contributed by atoms with E-state index in [0.717, 1.165) is 24.5 Å². The first kappa shape index (κ1) is 25.9. The van der Waals surface area contributed by atoms with Gasteiger partial charge in [0.25, 0.3) is 0 Å². The van der Waals surface area contributed by atoms with Gasteiger partial charge in [-0.3, -0.25) is 0 Å². The van der Waals surface area contributed by atoms with E-state index in [9.17, 15) is 22.0 Å². The number of benzene rings is 1. The fourth-order valence-corrected chi connectivity index (χ4v) is 3.98. The topological polar surface area (TPSA) is 89.9 Å². The van der Waals surface area contributed by atoms with Gasteiger partial charge in [-0.25, -0.2) is 38.4 Å². The molecule has 0 spiro atoms. The van der Waals surface area contributed by atoms with Gasteiger partial charge in [0.05, 0.1) is 24.0 Å². The van der Waals surface area contributed by atoms with Crippen LogP contribution in [0.1, 0.15) is 24.4 Å². The molecule has 0 fully saturated rings. The van der Waals surface area contributed by atoms with E-state index in [1.54, 1.807) is 36.0 Å².